The summed E-state index contributed by atoms with van der Waals surface area (Å²) in [6.45, 7) is 5.07. The van der Waals surface area contributed by atoms with Crippen molar-refractivity contribution in [1.29, 1.82) is 0 Å². The molecule has 0 bridgehead atoms. The SMILES string of the molecule is CCN(C(=O)c1cc(N)cc(Br)c1)C(C)COC. The van der Waals surface area contributed by atoms with Crippen LogP contribution < -0.4 is 5.73 Å². The maximum Gasteiger partial charge on any atom is 0.254 e. The van der Waals surface area contributed by atoms with E-state index in [0.29, 0.717) is 24.4 Å². The monoisotopic (exact) mass is 314 g/mol. The van der Waals surface area contributed by atoms with E-state index in [1.165, 1.54) is 0 Å². The highest BCUT2D eigenvalue weighted by molar-refractivity contribution is 9.10. The van der Waals surface area contributed by atoms with Gasteiger partial charge >= 0.3 is 0 Å². The van der Waals surface area contributed by atoms with Crippen LogP contribution in [0.4, 0.5) is 5.69 Å². The van der Waals surface area contributed by atoms with Crippen molar-refractivity contribution < 1.29 is 9.53 Å². The Balaban J connectivity index is 2.96. The van der Waals surface area contributed by atoms with Gasteiger partial charge in [0.25, 0.3) is 5.91 Å². The molecule has 0 saturated carbocycles. The molecule has 1 rings (SSSR count). The fourth-order valence-corrected chi connectivity index (χ4v) is 2.40. The smallest absolute Gasteiger partial charge is 0.254 e. The van der Waals surface area contributed by atoms with Crippen molar-refractivity contribution in [2.75, 3.05) is 26.0 Å². The van der Waals surface area contributed by atoms with Crippen LogP contribution >= 0.6 is 15.9 Å². The van der Waals surface area contributed by atoms with Gasteiger partial charge < -0.3 is 15.4 Å². The lowest BCUT2D eigenvalue weighted by atomic mass is 10.1. The number of hydrogen-bond acceptors (Lipinski definition) is 3. The quantitative estimate of drug-likeness (QED) is 0.850. The van der Waals surface area contributed by atoms with Crippen molar-refractivity contribution in [1.82, 2.24) is 4.90 Å². The number of methoxy groups -OCH3 is 1. The number of anilines is 1. The zero-order chi connectivity index (χ0) is 13.7. The van der Waals surface area contributed by atoms with E-state index in [0.717, 1.165) is 4.47 Å². The van der Waals surface area contributed by atoms with Crippen LogP contribution in [0.15, 0.2) is 22.7 Å². The van der Waals surface area contributed by atoms with E-state index in [4.69, 9.17) is 10.5 Å². The summed E-state index contributed by atoms with van der Waals surface area (Å²) in [5.41, 5.74) is 6.91. The van der Waals surface area contributed by atoms with Crippen molar-refractivity contribution in [3.8, 4) is 0 Å². The summed E-state index contributed by atoms with van der Waals surface area (Å²) < 4.78 is 5.90. The molecule has 0 aliphatic carbocycles. The third-order valence-corrected chi connectivity index (χ3v) is 3.17. The Morgan fingerprint density at radius 3 is 2.67 bits per heavy atom. The molecule has 0 saturated heterocycles. The number of ether oxygens (including phenoxy) is 1. The molecule has 0 aliphatic rings. The van der Waals surface area contributed by atoms with Crippen molar-refractivity contribution >= 4 is 27.5 Å². The second-order valence-corrected chi connectivity index (χ2v) is 5.08. The summed E-state index contributed by atoms with van der Waals surface area (Å²) in [5.74, 6) is -0.0324. The molecule has 18 heavy (non-hydrogen) atoms. The minimum atomic E-state index is -0.0324. The van der Waals surface area contributed by atoms with Gasteiger partial charge in [-0.05, 0) is 32.0 Å². The third-order valence-electron chi connectivity index (χ3n) is 2.71. The van der Waals surface area contributed by atoms with Gasteiger partial charge in [-0.15, -0.1) is 0 Å². The number of rotatable bonds is 5. The largest absolute Gasteiger partial charge is 0.399 e. The summed E-state index contributed by atoms with van der Waals surface area (Å²) in [4.78, 5) is 14.2. The second-order valence-electron chi connectivity index (χ2n) is 4.17. The second kappa shape index (κ2) is 6.75. The molecule has 100 valence electrons. The predicted octanol–water partition coefficient (Wildman–Crippen LogP) is 2.53. The molecule has 0 aromatic heterocycles. The zero-order valence-electron chi connectivity index (χ0n) is 10.9. The Morgan fingerprint density at radius 1 is 1.50 bits per heavy atom. The van der Waals surface area contributed by atoms with E-state index in [1.54, 1.807) is 30.2 Å². The molecule has 0 spiro atoms. The molecular formula is C13H19BrN2O2. The van der Waals surface area contributed by atoms with Crippen molar-refractivity contribution in [3.63, 3.8) is 0 Å². The topological polar surface area (TPSA) is 55.6 Å². The highest BCUT2D eigenvalue weighted by atomic mass is 79.9. The number of carbonyl (C=O) groups is 1. The number of carbonyl (C=O) groups excluding carboxylic acids is 1. The minimum absolute atomic E-state index is 0.0324. The Bertz CT molecular complexity index is 403. The average Bonchev–Trinajstić information content (AvgIpc) is 2.28. The number of benzene rings is 1. The molecule has 0 heterocycles. The van der Waals surface area contributed by atoms with E-state index in [2.05, 4.69) is 15.9 Å². The normalized spacial score (nSPS) is 12.2. The van der Waals surface area contributed by atoms with E-state index >= 15 is 0 Å². The number of halogens is 1. The lowest BCUT2D eigenvalue weighted by Crippen LogP contribution is -2.40. The van der Waals surface area contributed by atoms with E-state index in [1.807, 2.05) is 13.8 Å². The van der Waals surface area contributed by atoms with Gasteiger partial charge in [-0.2, -0.15) is 0 Å². The van der Waals surface area contributed by atoms with Gasteiger partial charge in [-0.1, -0.05) is 15.9 Å². The van der Waals surface area contributed by atoms with Crippen molar-refractivity contribution in [3.05, 3.63) is 28.2 Å². The first-order valence-electron chi connectivity index (χ1n) is 5.85. The Hall–Kier alpha value is -1.07. The number of likely N-dealkylation sites (N-methyl/N-ethyl adjacent to an activating group) is 1. The maximum absolute atomic E-state index is 12.4. The Kier molecular flexibility index (Phi) is 5.62. The van der Waals surface area contributed by atoms with E-state index < -0.39 is 0 Å². The van der Waals surface area contributed by atoms with E-state index in [-0.39, 0.29) is 11.9 Å². The van der Waals surface area contributed by atoms with Crippen LogP contribution in [0.1, 0.15) is 24.2 Å². The molecule has 0 radical (unpaired) electrons. The number of nitrogens with zero attached hydrogens (tertiary/aromatic N) is 1. The highest BCUT2D eigenvalue weighted by Gasteiger charge is 2.20. The van der Waals surface area contributed by atoms with Crippen LogP contribution in [-0.2, 0) is 4.74 Å². The standard InChI is InChI=1S/C13H19BrN2O2/c1-4-16(9(2)8-18-3)13(17)10-5-11(14)7-12(15)6-10/h5-7,9H,4,8,15H2,1-3H3. The third kappa shape index (κ3) is 3.71. The molecule has 4 nitrogen and oxygen atoms in total. The average molecular weight is 315 g/mol. The summed E-state index contributed by atoms with van der Waals surface area (Å²) in [6, 6.07) is 5.27. The number of nitrogens with two attached hydrogens (primary N) is 1. The first-order chi connectivity index (χ1) is 8.49. The molecule has 1 unspecified atom stereocenters. The van der Waals surface area contributed by atoms with Crippen LogP contribution in [0.3, 0.4) is 0 Å². The zero-order valence-corrected chi connectivity index (χ0v) is 12.5. The van der Waals surface area contributed by atoms with Crippen LogP contribution in [0, 0.1) is 0 Å². The Labute approximate surface area is 116 Å². The molecule has 1 aromatic rings. The van der Waals surface area contributed by atoms with Gasteiger partial charge in [-0.25, -0.2) is 0 Å². The predicted molar refractivity (Wildman–Crippen MR) is 76.6 cm³/mol. The summed E-state index contributed by atoms with van der Waals surface area (Å²) in [6.07, 6.45) is 0. The van der Waals surface area contributed by atoms with Crippen LogP contribution in [0.25, 0.3) is 0 Å². The number of nitrogen functional groups attached to an aromatic ring is 1. The first kappa shape index (κ1) is 15.0. The molecule has 1 aromatic carbocycles. The van der Waals surface area contributed by atoms with Gasteiger partial charge in [-0.3, -0.25) is 4.79 Å². The maximum atomic E-state index is 12.4. The van der Waals surface area contributed by atoms with Gasteiger partial charge in [0, 0.05) is 29.4 Å². The molecule has 0 fully saturated rings. The molecule has 0 aliphatic heterocycles. The van der Waals surface area contributed by atoms with Gasteiger partial charge in [0.1, 0.15) is 0 Å². The van der Waals surface area contributed by atoms with Gasteiger partial charge in [0.15, 0.2) is 0 Å². The lowest BCUT2D eigenvalue weighted by molar-refractivity contribution is 0.0579. The van der Waals surface area contributed by atoms with Crippen molar-refractivity contribution in [2.24, 2.45) is 0 Å². The summed E-state index contributed by atoms with van der Waals surface area (Å²) >= 11 is 3.34. The van der Waals surface area contributed by atoms with Crippen molar-refractivity contribution in [2.45, 2.75) is 19.9 Å². The van der Waals surface area contributed by atoms with Crippen LogP contribution in [0.5, 0.6) is 0 Å². The summed E-state index contributed by atoms with van der Waals surface area (Å²) in [7, 11) is 1.63. The molecular weight excluding hydrogens is 296 g/mol. The molecule has 2 N–H and O–H groups in total. The Morgan fingerprint density at radius 2 is 2.17 bits per heavy atom. The number of amides is 1. The minimum Gasteiger partial charge on any atom is -0.399 e. The lowest BCUT2D eigenvalue weighted by Gasteiger charge is -2.27. The molecule has 5 heteroatoms. The number of hydrogen-bond donors (Lipinski definition) is 1. The fraction of sp³-hybridized carbons (Fsp3) is 0.462. The van der Waals surface area contributed by atoms with E-state index in [9.17, 15) is 4.79 Å². The first-order valence-corrected chi connectivity index (χ1v) is 6.64. The highest BCUT2D eigenvalue weighted by Crippen LogP contribution is 2.19. The fourth-order valence-electron chi connectivity index (χ4n) is 1.89. The van der Waals surface area contributed by atoms with Gasteiger partial charge in [0.05, 0.1) is 12.6 Å². The van der Waals surface area contributed by atoms with Gasteiger partial charge in [0.2, 0.25) is 0 Å². The molecule has 1 amide bonds. The van der Waals surface area contributed by atoms with Crippen LogP contribution in [-0.4, -0.2) is 37.1 Å². The molecule has 1 atom stereocenters. The summed E-state index contributed by atoms with van der Waals surface area (Å²) in [5, 5.41) is 0. The van der Waals surface area contributed by atoms with Crippen LogP contribution in [0.2, 0.25) is 0 Å².